The number of carboxylic acid groups (broad SMARTS) is 1. The summed E-state index contributed by atoms with van der Waals surface area (Å²) in [6, 6.07) is 7.48. The van der Waals surface area contributed by atoms with Gasteiger partial charge in [0.05, 0.1) is 6.61 Å². The minimum atomic E-state index is -1.08. The minimum Gasteiger partial charge on any atom is -0.506 e. The van der Waals surface area contributed by atoms with Crippen LogP contribution in [0.2, 0.25) is 0 Å². The van der Waals surface area contributed by atoms with E-state index in [9.17, 15) is 19.8 Å². The van der Waals surface area contributed by atoms with Crippen molar-refractivity contribution in [1.82, 2.24) is 0 Å². The van der Waals surface area contributed by atoms with Crippen LogP contribution in [0.3, 0.4) is 0 Å². The second kappa shape index (κ2) is 10.5. The molecule has 0 saturated carbocycles. The molecule has 1 atom stereocenters. The van der Waals surface area contributed by atoms with Crippen molar-refractivity contribution in [3.05, 3.63) is 41.5 Å². The number of carboxylic acids is 1. The van der Waals surface area contributed by atoms with Crippen LogP contribution in [-0.2, 0) is 14.3 Å². The van der Waals surface area contributed by atoms with Crippen LogP contribution in [0.1, 0.15) is 18.9 Å². The van der Waals surface area contributed by atoms with E-state index in [1.807, 2.05) is 6.26 Å². The number of rotatable bonds is 9. The zero-order valence-electron chi connectivity index (χ0n) is 13.6. The molecule has 0 fully saturated rings. The quantitative estimate of drug-likeness (QED) is 0.307. The fourth-order valence-corrected chi connectivity index (χ4v) is 2.29. The molecule has 0 saturated heterocycles. The van der Waals surface area contributed by atoms with Crippen LogP contribution >= 0.6 is 11.8 Å². The first kappa shape index (κ1) is 19.8. The second-order valence-corrected chi connectivity index (χ2v) is 5.75. The third-order valence-electron chi connectivity index (χ3n) is 3.06. The number of thioether (sulfide) groups is 1. The lowest BCUT2D eigenvalue weighted by atomic mass is 10.1. The molecule has 0 aliphatic carbocycles. The summed E-state index contributed by atoms with van der Waals surface area (Å²) in [6.45, 7) is 1.78. The van der Waals surface area contributed by atoms with E-state index in [1.54, 1.807) is 37.3 Å². The molecule has 1 rings (SSSR count). The van der Waals surface area contributed by atoms with Gasteiger partial charge < -0.3 is 14.9 Å². The molecule has 0 aromatic heterocycles. The summed E-state index contributed by atoms with van der Waals surface area (Å²) in [5.41, 5.74) is 0.251. The van der Waals surface area contributed by atoms with Gasteiger partial charge in [-0.25, -0.2) is 9.59 Å². The number of carbonyl (C=O) groups excluding carboxylic acids is 1. The third kappa shape index (κ3) is 6.08. The second-order valence-electron chi connectivity index (χ2n) is 4.76. The summed E-state index contributed by atoms with van der Waals surface area (Å²) >= 11 is 1.51. The van der Waals surface area contributed by atoms with Crippen molar-refractivity contribution < 1.29 is 24.5 Å². The molecule has 1 aromatic rings. The largest absolute Gasteiger partial charge is 0.506 e. The number of nitrogens with zero attached hydrogens (tertiary/aromatic N) is 1. The third-order valence-corrected chi connectivity index (χ3v) is 3.71. The summed E-state index contributed by atoms with van der Waals surface area (Å²) in [5.74, 6) is -1.51. The Morgan fingerprint density at radius 2 is 1.96 bits per heavy atom. The van der Waals surface area contributed by atoms with Crippen LogP contribution in [0.4, 0.5) is 0 Å². The Bertz CT molecular complexity index is 613. The molecular formula is C17H21NO5S. The zero-order chi connectivity index (χ0) is 17.9. The maximum Gasteiger partial charge on any atom is 0.343 e. The molecule has 0 radical (unpaired) electrons. The number of hydrogen-bond donors (Lipinski definition) is 2. The summed E-state index contributed by atoms with van der Waals surface area (Å²) in [7, 11) is 0. The minimum absolute atomic E-state index is 0.132. The van der Waals surface area contributed by atoms with Gasteiger partial charge in [0.25, 0.3) is 0 Å². The highest BCUT2D eigenvalue weighted by atomic mass is 32.2. The molecule has 7 heteroatoms. The van der Waals surface area contributed by atoms with Gasteiger partial charge in [-0.3, -0.25) is 4.99 Å². The van der Waals surface area contributed by atoms with Crippen molar-refractivity contribution in [3.8, 4) is 0 Å². The highest BCUT2D eigenvalue weighted by Gasteiger charge is 2.19. The van der Waals surface area contributed by atoms with E-state index >= 15 is 0 Å². The molecule has 0 aliphatic heterocycles. The number of aliphatic hydroxyl groups is 1. The van der Waals surface area contributed by atoms with Gasteiger partial charge >= 0.3 is 11.9 Å². The van der Waals surface area contributed by atoms with Crippen LogP contribution in [0, 0.1) is 0 Å². The molecule has 1 aromatic carbocycles. The maximum atomic E-state index is 12.1. The van der Waals surface area contributed by atoms with Crippen molar-refractivity contribution in [2.24, 2.45) is 4.99 Å². The van der Waals surface area contributed by atoms with Gasteiger partial charge in [0.1, 0.15) is 17.4 Å². The number of aliphatic hydroxyl groups excluding tert-OH is 1. The van der Waals surface area contributed by atoms with Crippen molar-refractivity contribution in [2.75, 3.05) is 18.6 Å². The standard InChI is InChI=1S/C17H21NO5S/c1-3-23-17(22)13(15(19)12-7-5-4-6-8-12)11-18-14(16(20)21)9-10-24-2/h4-8,11,14,19H,3,9-10H2,1-2H3,(H,20,21)/b15-13+,18-11?. The first-order chi connectivity index (χ1) is 11.5. The first-order valence-electron chi connectivity index (χ1n) is 7.41. The molecule has 0 spiro atoms. The van der Waals surface area contributed by atoms with Crippen molar-refractivity contribution in [1.29, 1.82) is 0 Å². The van der Waals surface area contributed by atoms with Crippen LogP contribution in [-0.4, -0.2) is 53.0 Å². The monoisotopic (exact) mass is 351 g/mol. The van der Waals surface area contributed by atoms with Crippen LogP contribution in [0.15, 0.2) is 40.9 Å². The Kier molecular flexibility index (Phi) is 8.64. The van der Waals surface area contributed by atoms with Crippen molar-refractivity contribution in [2.45, 2.75) is 19.4 Å². The molecule has 0 aliphatic rings. The predicted molar refractivity (Wildman–Crippen MR) is 95.5 cm³/mol. The van der Waals surface area contributed by atoms with E-state index in [-0.39, 0.29) is 17.9 Å². The molecule has 2 N–H and O–H groups in total. The van der Waals surface area contributed by atoms with Gasteiger partial charge in [-0.05, 0) is 25.4 Å². The van der Waals surface area contributed by atoms with Crippen molar-refractivity contribution in [3.63, 3.8) is 0 Å². The van der Waals surface area contributed by atoms with Gasteiger partial charge in [0.15, 0.2) is 0 Å². The number of ether oxygens (including phenoxy) is 1. The Labute approximate surface area is 145 Å². The summed E-state index contributed by atoms with van der Waals surface area (Å²) < 4.78 is 4.92. The predicted octanol–water partition coefficient (Wildman–Crippen LogP) is 2.80. The zero-order valence-corrected chi connectivity index (χ0v) is 14.5. The van der Waals surface area contributed by atoms with E-state index in [4.69, 9.17) is 4.74 Å². The van der Waals surface area contributed by atoms with Gasteiger partial charge in [-0.15, -0.1) is 0 Å². The first-order valence-corrected chi connectivity index (χ1v) is 8.81. The highest BCUT2D eigenvalue weighted by molar-refractivity contribution is 7.98. The van der Waals surface area contributed by atoms with E-state index in [1.165, 1.54) is 11.8 Å². The summed E-state index contributed by atoms with van der Waals surface area (Å²) in [5, 5.41) is 19.5. The van der Waals surface area contributed by atoms with Gasteiger partial charge in [-0.1, -0.05) is 30.3 Å². The van der Waals surface area contributed by atoms with Gasteiger partial charge in [0.2, 0.25) is 0 Å². The molecular weight excluding hydrogens is 330 g/mol. The Morgan fingerprint density at radius 1 is 1.29 bits per heavy atom. The molecule has 0 heterocycles. The smallest absolute Gasteiger partial charge is 0.343 e. The number of carbonyl (C=O) groups is 2. The average Bonchev–Trinajstić information content (AvgIpc) is 2.58. The van der Waals surface area contributed by atoms with E-state index < -0.39 is 18.0 Å². The van der Waals surface area contributed by atoms with Crippen LogP contribution in [0.25, 0.3) is 5.76 Å². The lowest BCUT2D eigenvalue weighted by Gasteiger charge is -2.09. The van der Waals surface area contributed by atoms with Gasteiger partial charge in [0, 0.05) is 11.8 Å². The van der Waals surface area contributed by atoms with Gasteiger partial charge in [-0.2, -0.15) is 11.8 Å². The lowest BCUT2D eigenvalue weighted by Crippen LogP contribution is -2.20. The number of hydrogen-bond acceptors (Lipinski definition) is 6. The molecule has 0 bridgehead atoms. The average molecular weight is 351 g/mol. The lowest BCUT2D eigenvalue weighted by molar-refractivity contribution is -0.139. The molecule has 130 valence electrons. The topological polar surface area (TPSA) is 96.2 Å². The normalized spacial score (nSPS) is 13.4. The Balaban J connectivity index is 3.16. The van der Waals surface area contributed by atoms with Crippen molar-refractivity contribution >= 4 is 35.7 Å². The van der Waals surface area contributed by atoms with Crippen LogP contribution in [0.5, 0.6) is 0 Å². The Morgan fingerprint density at radius 3 is 2.50 bits per heavy atom. The fraction of sp³-hybridized carbons (Fsp3) is 0.353. The number of benzene rings is 1. The molecule has 24 heavy (non-hydrogen) atoms. The fourth-order valence-electron chi connectivity index (χ4n) is 1.83. The van der Waals surface area contributed by atoms with E-state index in [2.05, 4.69) is 4.99 Å². The molecule has 0 amide bonds. The number of aliphatic imine (C=N–C) groups is 1. The summed E-state index contributed by atoms with van der Waals surface area (Å²) in [6.07, 6.45) is 3.28. The maximum absolute atomic E-state index is 12.1. The highest BCUT2D eigenvalue weighted by Crippen LogP contribution is 2.16. The Hall–Kier alpha value is -2.28. The molecule has 1 unspecified atom stereocenters. The number of esters is 1. The summed E-state index contributed by atoms with van der Waals surface area (Å²) in [4.78, 5) is 27.3. The van der Waals surface area contributed by atoms with E-state index in [0.717, 1.165) is 6.21 Å². The van der Waals surface area contributed by atoms with E-state index in [0.29, 0.717) is 17.7 Å². The molecule has 6 nitrogen and oxygen atoms in total. The SMILES string of the molecule is CCOC(=O)/C(C=NC(CCSC)C(=O)O)=C(/O)c1ccccc1. The number of aliphatic carboxylic acids is 1. The van der Waals surface area contributed by atoms with Crippen LogP contribution < -0.4 is 0 Å².